The second-order valence-corrected chi connectivity index (χ2v) is 5.07. The van der Waals surface area contributed by atoms with Crippen molar-refractivity contribution in [3.05, 3.63) is 29.3 Å². The maximum Gasteiger partial charge on any atom is 0.251 e. The molecule has 1 aliphatic rings. The average molecular weight is 246 g/mol. The average Bonchev–Trinajstić information content (AvgIpc) is 2.27. The van der Waals surface area contributed by atoms with E-state index in [4.69, 9.17) is 0 Å². The summed E-state index contributed by atoms with van der Waals surface area (Å²) in [6.07, 6.45) is 3.84. The van der Waals surface area contributed by atoms with E-state index in [9.17, 15) is 4.79 Å². The highest BCUT2D eigenvalue weighted by Gasteiger charge is 2.18. The maximum atomic E-state index is 12.0. The number of carbonyl (C=O) groups excluding carboxylic acids is 1. The molecular weight excluding hydrogens is 224 g/mol. The highest BCUT2D eigenvalue weighted by molar-refractivity contribution is 5.96. The molecule has 0 spiro atoms. The summed E-state index contributed by atoms with van der Waals surface area (Å²) in [6.45, 7) is 5.77. The van der Waals surface area contributed by atoms with Crippen molar-refractivity contribution in [2.45, 2.75) is 33.1 Å². The van der Waals surface area contributed by atoms with E-state index in [0.29, 0.717) is 5.92 Å². The highest BCUT2D eigenvalue weighted by atomic mass is 16.1. The molecule has 0 bridgehead atoms. The minimum Gasteiger partial charge on any atom is -0.385 e. The van der Waals surface area contributed by atoms with Gasteiger partial charge in [-0.2, -0.15) is 0 Å². The number of hydrogen-bond acceptors (Lipinski definition) is 2. The van der Waals surface area contributed by atoms with E-state index in [0.717, 1.165) is 29.9 Å². The third kappa shape index (κ3) is 3.03. The summed E-state index contributed by atoms with van der Waals surface area (Å²) in [7, 11) is 0. The molecule has 1 aromatic rings. The van der Waals surface area contributed by atoms with Crippen LogP contribution in [0.5, 0.6) is 0 Å². The molecular formula is C15H22N2O. The van der Waals surface area contributed by atoms with Crippen LogP contribution in [0.15, 0.2) is 18.2 Å². The molecule has 2 rings (SSSR count). The molecule has 1 fully saturated rings. The zero-order valence-corrected chi connectivity index (χ0v) is 11.3. The summed E-state index contributed by atoms with van der Waals surface area (Å²) in [6, 6.07) is 5.90. The van der Waals surface area contributed by atoms with Crippen molar-refractivity contribution in [2.24, 2.45) is 5.92 Å². The van der Waals surface area contributed by atoms with Crippen LogP contribution in [-0.4, -0.2) is 19.0 Å². The number of hydrogen-bond donors (Lipinski definition) is 2. The van der Waals surface area contributed by atoms with Gasteiger partial charge in [-0.1, -0.05) is 6.42 Å². The van der Waals surface area contributed by atoms with Gasteiger partial charge in [-0.3, -0.25) is 4.79 Å². The van der Waals surface area contributed by atoms with Gasteiger partial charge in [0, 0.05) is 24.3 Å². The Bertz CT molecular complexity index is 425. The molecule has 2 N–H and O–H groups in total. The second kappa shape index (κ2) is 5.89. The second-order valence-electron chi connectivity index (χ2n) is 5.07. The summed E-state index contributed by atoms with van der Waals surface area (Å²) in [5.74, 6) is 0.762. The molecule has 18 heavy (non-hydrogen) atoms. The predicted octanol–water partition coefficient (Wildman–Crippen LogP) is 2.96. The van der Waals surface area contributed by atoms with Crippen molar-refractivity contribution in [2.75, 3.05) is 18.4 Å². The molecule has 0 heterocycles. The Hall–Kier alpha value is -1.51. The van der Waals surface area contributed by atoms with Crippen molar-refractivity contribution in [1.29, 1.82) is 0 Å². The molecule has 0 unspecified atom stereocenters. The van der Waals surface area contributed by atoms with Gasteiger partial charge >= 0.3 is 0 Å². The molecule has 3 heteroatoms. The minimum absolute atomic E-state index is 0.0578. The Morgan fingerprint density at radius 3 is 2.72 bits per heavy atom. The van der Waals surface area contributed by atoms with Crippen LogP contribution < -0.4 is 10.6 Å². The fraction of sp³-hybridized carbons (Fsp3) is 0.533. The summed E-state index contributed by atoms with van der Waals surface area (Å²) in [4.78, 5) is 12.0. The van der Waals surface area contributed by atoms with E-state index >= 15 is 0 Å². The van der Waals surface area contributed by atoms with Crippen LogP contribution >= 0.6 is 0 Å². The van der Waals surface area contributed by atoms with Crippen LogP contribution in [0.2, 0.25) is 0 Å². The first-order valence-corrected chi connectivity index (χ1v) is 6.83. The van der Waals surface area contributed by atoms with Gasteiger partial charge in [0.05, 0.1) is 0 Å². The molecule has 0 aliphatic heterocycles. The summed E-state index contributed by atoms with van der Waals surface area (Å²) in [5, 5.41) is 6.29. The molecule has 0 radical (unpaired) electrons. The van der Waals surface area contributed by atoms with E-state index in [-0.39, 0.29) is 5.91 Å². The standard InChI is InChI=1S/C15H22N2O/c1-3-16-13-7-8-14(11(2)9-13)15(18)17-10-12-5-4-6-12/h7-9,12,16H,3-6,10H2,1-2H3,(H,17,18). The lowest BCUT2D eigenvalue weighted by Gasteiger charge is -2.25. The van der Waals surface area contributed by atoms with E-state index in [2.05, 4.69) is 17.6 Å². The van der Waals surface area contributed by atoms with Crippen molar-refractivity contribution in [1.82, 2.24) is 5.32 Å². The number of aryl methyl sites for hydroxylation is 1. The molecule has 1 amide bonds. The normalized spacial score (nSPS) is 15.0. The molecule has 0 saturated heterocycles. The molecule has 1 aromatic carbocycles. The van der Waals surface area contributed by atoms with Gasteiger partial charge in [0.15, 0.2) is 0 Å². The highest BCUT2D eigenvalue weighted by Crippen LogP contribution is 2.25. The van der Waals surface area contributed by atoms with Crippen LogP contribution in [0.1, 0.15) is 42.1 Å². The smallest absolute Gasteiger partial charge is 0.251 e. The molecule has 1 aliphatic carbocycles. The Morgan fingerprint density at radius 2 is 2.17 bits per heavy atom. The number of nitrogens with one attached hydrogen (secondary N) is 2. The van der Waals surface area contributed by atoms with Crippen LogP contribution in [-0.2, 0) is 0 Å². The van der Waals surface area contributed by atoms with Gasteiger partial charge in [-0.25, -0.2) is 0 Å². The summed E-state index contributed by atoms with van der Waals surface area (Å²) < 4.78 is 0. The van der Waals surface area contributed by atoms with E-state index in [1.54, 1.807) is 0 Å². The van der Waals surface area contributed by atoms with Gasteiger partial charge in [-0.15, -0.1) is 0 Å². The molecule has 0 atom stereocenters. The van der Waals surface area contributed by atoms with Gasteiger partial charge in [-0.05, 0) is 56.4 Å². The summed E-state index contributed by atoms with van der Waals surface area (Å²) >= 11 is 0. The molecule has 3 nitrogen and oxygen atoms in total. The largest absolute Gasteiger partial charge is 0.385 e. The van der Waals surface area contributed by atoms with Crippen LogP contribution in [0, 0.1) is 12.8 Å². The third-order valence-corrected chi connectivity index (χ3v) is 3.63. The number of amides is 1. The summed E-state index contributed by atoms with van der Waals surface area (Å²) in [5.41, 5.74) is 2.89. The molecule has 0 aromatic heterocycles. The zero-order chi connectivity index (χ0) is 13.0. The predicted molar refractivity (Wildman–Crippen MR) is 75.0 cm³/mol. The molecule has 1 saturated carbocycles. The number of carbonyl (C=O) groups is 1. The van der Waals surface area contributed by atoms with E-state index in [1.807, 2.05) is 25.1 Å². The first kappa shape index (κ1) is 12.9. The first-order chi connectivity index (χ1) is 8.70. The Kier molecular flexibility index (Phi) is 4.24. The fourth-order valence-electron chi connectivity index (χ4n) is 2.26. The van der Waals surface area contributed by atoms with Gasteiger partial charge in [0.2, 0.25) is 0 Å². The lowest BCUT2D eigenvalue weighted by atomic mass is 9.85. The zero-order valence-electron chi connectivity index (χ0n) is 11.3. The topological polar surface area (TPSA) is 41.1 Å². The fourth-order valence-corrected chi connectivity index (χ4v) is 2.26. The third-order valence-electron chi connectivity index (χ3n) is 3.63. The van der Waals surface area contributed by atoms with Crippen molar-refractivity contribution < 1.29 is 4.79 Å². The lowest BCUT2D eigenvalue weighted by molar-refractivity contribution is 0.0938. The molecule has 98 valence electrons. The van der Waals surface area contributed by atoms with E-state index in [1.165, 1.54) is 19.3 Å². The Labute approximate surface area is 109 Å². The Morgan fingerprint density at radius 1 is 1.39 bits per heavy atom. The SMILES string of the molecule is CCNc1ccc(C(=O)NCC2CCC2)c(C)c1. The monoisotopic (exact) mass is 246 g/mol. The lowest BCUT2D eigenvalue weighted by Crippen LogP contribution is -2.32. The van der Waals surface area contributed by atoms with Crippen molar-refractivity contribution in [3.8, 4) is 0 Å². The minimum atomic E-state index is 0.0578. The van der Waals surface area contributed by atoms with Crippen LogP contribution in [0.25, 0.3) is 0 Å². The number of rotatable bonds is 5. The van der Waals surface area contributed by atoms with Gasteiger partial charge < -0.3 is 10.6 Å². The Balaban J connectivity index is 1.96. The van der Waals surface area contributed by atoms with E-state index < -0.39 is 0 Å². The van der Waals surface area contributed by atoms with Gasteiger partial charge in [0.25, 0.3) is 5.91 Å². The number of anilines is 1. The van der Waals surface area contributed by atoms with Crippen LogP contribution in [0.3, 0.4) is 0 Å². The number of benzene rings is 1. The first-order valence-electron chi connectivity index (χ1n) is 6.83. The van der Waals surface area contributed by atoms with Crippen molar-refractivity contribution >= 4 is 11.6 Å². The van der Waals surface area contributed by atoms with Crippen LogP contribution in [0.4, 0.5) is 5.69 Å². The maximum absolute atomic E-state index is 12.0. The van der Waals surface area contributed by atoms with Gasteiger partial charge in [0.1, 0.15) is 0 Å². The van der Waals surface area contributed by atoms with Crippen molar-refractivity contribution in [3.63, 3.8) is 0 Å². The quantitative estimate of drug-likeness (QED) is 0.838.